The molecule has 6 nitrogen and oxygen atoms in total. The van der Waals surface area contributed by atoms with Crippen LogP contribution >= 0.6 is 0 Å². The number of H-pyrrole nitrogens is 1. The molecule has 0 saturated carbocycles. The zero-order valence-corrected chi connectivity index (χ0v) is 10.8. The second kappa shape index (κ2) is 5.44. The number of hydrogen-bond donors (Lipinski definition) is 4. The highest BCUT2D eigenvalue weighted by Crippen LogP contribution is 2.21. The highest BCUT2D eigenvalue weighted by Gasteiger charge is 2.21. The summed E-state index contributed by atoms with van der Waals surface area (Å²) in [6.45, 7) is 1.76. The van der Waals surface area contributed by atoms with Gasteiger partial charge < -0.3 is 20.3 Å². The summed E-state index contributed by atoms with van der Waals surface area (Å²) in [7, 11) is 0. The van der Waals surface area contributed by atoms with E-state index in [9.17, 15) is 19.8 Å². The zero-order chi connectivity index (χ0) is 14.9. The third kappa shape index (κ3) is 2.87. The van der Waals surface area contributed by atoms with Crippen molar-refractivity contribution in [1.29, 1.82) is 0 Å². The first-order valence-electron chi connectivity index (χ1n) is 6.10. The number of aromatic amines is 1. The molecule has 2 unspecified atom stereocenters. The minimum Gasteiger partial charge on any atom is -0.481 e. The van der Waals surface area contributed by atoms with Crippen molar-refractivity contribution in [3.63, 3.8) is 0 Å². The highest BCUT2D eigenvalue weighted by molar-refractivity contribution is 5.79. The Labute approximate surface area is 114 Å². The van der Waals surface area contributed by atoms with Crippen LogP contribution in [0, 0.1) is 6.92 Å². The van der Waals surface area contributed by atoms with Gasteiger partial charge in [-0.05, 0) is 24.6 Å². The van der Waals surface area contributed by atoms with E-state index in [1.807, 2.05) is 0 Å². The first kappa shape index (κ1) is 14.2. The average molecular weight is 277 g/mol. The van der Waals surface area contributed by atoms with Crippen molar-refractivity contribution in [3.05, 3.63) is 45.7 Å². The van der Waals surface area contributed by atoms with Gasteiger partial charge in [-0.2, -0.15) is 0 Å². The summed E-state index contributed by atoms with van der Waals surface area (Å²) in [5.74, 6) is -1.20. The predicted molar refractivity (Wildman–Crippen MR) is 72.5 cm³/mol. The van der Waals surface area contributed by atoms with Crippen LogP contribution in [0.3, 0.4) is 0 Å². The quantitative estimate of drug-likeness (QED) is 0.657. The summed E-state index contributed by atoms with van der Waals surface area (Å²) < 4.78 is 0. The molecule has 2 rings (SSSR count). The van der Waals surface area contributed by atoms with Crippen molar-refractivity contribution in [1.82, 2.24) is 4.98 Å². The largest absolute Gasteiger partial charge is 0.481 e. The lowest BCUT2D eigenvalue weighted by atomic mass is 10.00. The number of nitrogens with one attached hydrogen (secondary N) is 1. The number of aliphatic hydroxyl groups excluding tert-OH is 2. The van der Waals surface area contributed by atoms with E-state index in [1.54, 1.807) is 19.1 Å². The fourth-order valence-electron chi connectivity index (χ4n) is 2.09. The van der Waals surface area contributed by atoms with E-state index in [2.05, 4.69) is 4.98 Å². The number of rotatable bonds is 4. The maximum Gasteiger partial charge on any atom is 0.306 e. The molecule has 6 heteroatoms. The Hall–Kier alpha value is -2.18. The van der Waals surface area contributed by atoms with Crippen LogP contribution in [0.4, 0.5) is 0 Å². The van der Waals surface area contributed by atoms with Gasteiger partial charge in [0.2, 0.25) is 0 Å². The molecule has 0 radical (unpaired) electrons. The van der Waals surface area contributed by atoms with Crippen molar-refractivity contribution >= 4 is 16.9 Å². The maximum absolute atomic E-state index is 11.9. The van der Waals surface area contributed by atoms with Crippen molar-refractivity contribution in [2.75, 3.05) is 0 Å². The van der Waals surface area contributed by atoms with Gasteiger partial charge in [0.15, 0.2) is 5.43 Å². The van der Waals surface area contributed by atoms with E-state index < -0.39 is 24.6 Å². The molecule has 0 spiro atoms. The topological polar surface area (TPSA) is 111 Å². The summed E-state index contributed by atoms with van der Waals surface area (Å²) >= 11 is 0. The predicted octanol–water partition coefficient (Wildman–Crippen LogP) is 0.706. The molecule has 0 aliphatic rings. The van der Waals surface area contributed by atoms with E-state index in [0.29, 0.717) is 16.5 Å². The summed E-state index contributed by atoms with van der Waals surface area (Å²) in [6, 6.07) is 6.07. The van der Waals surface area contributed by atoms with Gasteiger partial charge in [0, 0.05) is 22.7 Å². The van der Waals surface area contributed by atoms with Gasteiger partial charge in [0.25, 0.3) is 0 Å². The summed E-state index contributed by atoms with van der Waals surface area (Å²) in [4.78, 5) is 25.4. The second-order valence-corrected chi connectivity index (χ2v) is 4.73. The molecule has 2 atom stereocenters. The average Bonchev–Trinajstić information content (AvgIpc) is 2.36. The number of carboxylic acids is 1. The molecule has 106 valence electrons. The molecule has 0 bridgehead atoms. The summed E-state index contributed by atoms with van der Waals surface area (Å²) in [5.41, 5.74) is 1.46. The van der Waals surface area contributed by atoms with Gasteiger partial charge >= 0.3 is 5.97 Å². The van der Waals surface area contributed by atoms with E-state index >= 15 is 0 Å². The standard InChI is InChI=1S/C14H15NO5/c1-7-4-11(16)9-5-8(2-3-10(9)15-7)14(20)12(17)6-13(18)19/h2-5,12,14,17,20H,6H2,1H3,(H,15,16)(H,18,19). The van der Waals surface area contributed by atoms with Crippen LogP contribution in [0.5, 0.6) is 0 Å². The van der Waals surface area contributed by atoms with Crippen LogP contribution in [0.15, 0.2) is 29.1 Å². The second-order valence-electron chi connectivity index (χ2n) is 4.73. The lowest BCUT2D eigenvalue weighted by molar-refractivity contribution is -0.141. The Kier molecular flexibility index (Phi) is 3.87. The number of fused-ring (bicyclic) bond motifs is 1. The fourth-order valence-corrected chi connectivity index (χ4v) is 2.09. The number of aliphatic hydroxyl groups is 2. The summed E-state index contributed by atoms with van der Waals surface area (Å²) in [5, 5.41) is 28.5. The third-order valence-electron chi connectivity index (χ3n) is 3.08. The van der Waals surface area contributed by atoms with Gasteiger partial charge in [-0.3, -0.25) is 9.59 Å². The normalized spacial score (nSPS) is 14.2. The number of aromatic nitrogens is 1. The van der Waals surface area contributed by atoms with Crippen LogP contribution in [0.1, 0.15) is 23.8 Å². The molecule has 1 aromatic heterocycles. The number of aryl methyl sites for hydroxylation is 1. The van der Waals surface area contributed by atoms with Crippen LogP contribution in [-0.4, -0.2) is 32.4 Å². The molecule has 0 aliphatic carbocycles. The number of benzene rings is 1. The number of pyridine rings is 1. The molecular formula is C14H15NO5. The smallest absolute Gasteiger partial charge is 0.306 e. The Morgan fingerprint density at radius 3 is 2.65 bits per heavy atom. The van der Waals surface area contributed by atoms with Gasteiger partial charge in [-0.1, -0.05) is 6.07 Å². The van der Waals surface area contributed by atoms with Gasteiger partial charge in [0.1, 0.15) is 6.10 Å². The van der Waals surface area contributed by atoms with Crippen molar-refractivity contribution in [3.8, 4) is 0 Å². The van der Waals surface area contributed by atoms with Gasteiger partial charge in [-0.25, -0.2) is 0 Å². The number of carbonyl (C=O) groups is 1. The molecule has 1 heterocycles. The Morgan fingerprint density at radius 1 is 1.30 bits per heavy atom. The lowest BCUT2D eigenvalue weighted by Crippen LogP contribution is -2.22. The Morgan fingerprint density at radius 2 is 2.00 bits per heavy atom. The zero-order valence-electron chi connectivity index (χ0n) is 10.8. The van der Waals surface area contributed by atoms with Crippen LogP contribution in [-0.2, 0) is 4.79 Å². The van der Waals surface area contributed by atoms with Crippen molar-refractivity contribution < 1.29 is 20.1 Å². The SMILES string of the molecule is Cc1cc(=O)c2cc(C(O)C(O)CC(=O)O)ccc2[nH]1. The summed E-state index contributed by atoms with van der Waals surface area (Å²) in [6.07, 6.45) is -3.34. The van der Waals surface area contributed by atoms with E-state index in [4.69, 9.17) is 5.11 Å². The minimum atomic E-state index is -1.42. The molecule has 20 heavy (non-hydrogen) atoms. The first-order valence-corrected chi connectivity index (χ1v) is 6.10. The van der Waals surface area contributed by atoms with E-state index in [-0.39, 0.29) is 5.43 Å². The highest BCUT2D eigenvalue weighted by atomic mass is 16.4. The molecule has 4 N–H and O–H groups in total. The lowest BCUT2D eigenvalue weighted by Gasteiger charge is -2.16. The monoisotopic (exact) mass is 277 g/mol. The molecule has 0 fully saturated rings. The van der Waals surface area contributed by atoms with Gasteiger partial charge in [-0.15, -0.1) is 0 Å². The van der Waals surface area contributed by atoms with Crippen LogP contribution in [0.25, 0.3) is 10.9 Å². The van der Waals surface area contributed by atoms with Crippen LogP contribution < -0.4 is 5.43 Å². The molecular weight excluding hydrogens is 262 g/mol. The van der Waals surface area contributed by atoms with Crippen molar-refractivity contribution in [2.45, 2.75) is 25.6 Å². The third-order valence-corrected chi connectivity index (χ3v) is 3.08. The van der Waals surface area contributed by atoms with Gasteiger partial charge in [0.05, 0.1) is 12.5 Å². The molecule has 0 aliphatic heterocycles. The molecule has 0 amide bonds. The first-order chi connectivity index (χ1) is 9.38. The molecule has 2 aromatic rings. The molecule has 0 saturated heterocycles. The van der Waals surface area contributed by atoms with E-state index in [0.717, 1.165) is 5.69 Å². The minimum absolute atomic E-state index is 0.196. The molecule has 1 aromatic carbocycles. The maximum atomic E-state index is 11.9. The number of hydrogen-bond acceptors (Lipinski definition) is 4. The fraction of sp³-hybridized carbons (Fsp3) is 0.286. The number of carboxylic acid groups (broad SMARTS) is 1. The van der Waals surface area contributed by atoms with Crippen molar-refractivity contribution in [2.24, 2.45) is 0 Å². The Bertz CT molecular complexity index is 706. The van der Waals surface area contributed by atoms with Crippen LogP contribution in [0.2, 0.25) is 0 Å². The Balaban J connectivity index is 2.41. The number of aliphatic carboxylic acids is 1. The van der Waals surface area contributed by atoms with E-state index in [1.165, 1.54) is 12.1 Å².